The molecule has 0 amide bonds. The number of nitrogens with one attached hydrogen (secondary N) is 2. The van der Waals surface area contributed by atoms with Crippen molar-refractivity contribution >= 4 is 17.3 Å². The van der Waals surface area contributed by atoms with E-state index < -0.39 is 0 Å². The van der Waals surface area contributed by atoms with Gasteiger partial charge in [0.05, 0.1) is 0 Å². The Bertz CT molecular complexity index is 235. The van der Waals surface area contributed by atoms with E-state index in [1.807, 2.05) is 0 Å². The standard InChI is InChI=1S/C11H20N2OS/c1-11(4-6-14-7-5-11)8-12-10(15)13-9-2-3-9/h9H,2-8H2,1H3,(H2,12,13,15). The Morgan fingerprint density at radius 1 is 1.40 bits per heavy atom. The molecular formula is C11H20N2OS. The van der Waals surface area contributed by atoms with Crippen molar-refractivity contribution in [1.82, 2.24) is 10.6 Å². The Morgan fingerprint density at radius 3 is 2.67 bits per heavy atom. The van der Waals surface area contributed by atoms with Crippen molar-refractivity contribution in [2.45, 2.75) is 38.6 Å². The molecule has 3 nitrogen and oxygen atoms in total. The first-order valence-electron chi connectivity index (χ1n) is 5.80. The molecule has 1 aliphatic heterocycles. The first-order chi connectivity index (χ1) is 7.18. The highest BCUT2D eigenvalue weighted by Crippen LogP contribution is 2.28. The van der Waals surface area contributed by atoms with Crippen LogP contribution in [0.4, 0.5) is 0 Å². The molecule has 2 aliphatic rings. The summed E-state index contributed by atoms with van der Waals surface area (Å²) in [4.78, 5) is 0. The summed E-state index contributed by atoms with van der Waals surface area (Å²) in [6.07, 6.45) is 4.80. The van der Waals surface area contributed by atoms with Crippen molar-refractivity contribution in [2.75, 3.05) is 19.8 Å². The smallest absolute Gasteiger partial charge is 0.166 e. The summed E-state index contributed by atoms with van der Waals surface area (Å²) < 4.78 is 5.37. The van der Waals surface area contributed by atoms with E-state index in [1.54, 1.807) is 0 Å². The van der Waals surface area contributed by atoms with Crippen molar-refractivity contribution < 1.29 is 4.74 Å². The molecule has 0 bridgehead atoms. The minimum absolute atomic E-state index is 0.355. The lowest BCUT2D eigenvalue weighted by Crippen LogP contribution is -2.44. The Labute approximate surface area is 96.9 Å². The number of hydrogen-bond acceptors (Lipinski definition) is 2. The first kappa shape index (κ1) is 11.1. The van der Waals surface area contributed by atoms with Gasteiger partial charge in [0.2, 0.25) is 0 Å². The van der Waals surface area contributed by atoms with Gasteiger partial charge in [-0.2, -0.15) is 0 Å². The molecule has 0 aromatic carbocycles. The summed E-state index contributed by atoms with van der Waals surface area (Å²) in [6, 6.07) is 0.646. The van der Waals surface area contributed by atoms with Gasteiger partial charge in [0.1, 0.15) is 0 Å². The second kappa shape index (κ2) is 4.66. The Hall–Kier alpha value is -0.350. The minimum atomic E-state index is 0.355. The van der Waals surface area contributed by atoms with Gasteiger partial charge in [-0.25, -0.2) is 0 Å². The van der Waals surface area contributed by atoms with Crippen LogP contribution in [-0.4, -0.2) is 30.9 Å². The molecule has 2 fully saturated rings. The molecule has 1 saturated heterocycles. The van der Waals surface area contributed by atoms with E-state index in [1.165, 1.54) is 12.8 Å². The second-order valence-electron chi connectivity index (χ2n) is 5.02. The average Bonchev–Trinajstić information content (AvgIpc) is 3.00. The van der Waals surface area contributed by atoms with Gasteiger partial charge >= 0.3 is 0 Å². The predicted molar refractivity (Wildman–Crippen MR) is 64.9 cm³/mol. The maximum absolute atomic E-state index is 5.37. The lowest BCUT2D eigenvalue weighted by atomic mass is 9.82. The molecule has 0 aromatic heterocycles. The molecule has 2 rings (SSSR count). The molecule has 4 heteroatoms. The molecule has 86 valence electrons. The molecule has 15 heavy (non-hydrogen) atoms. The SMILES string of the molecule is CC1(CNC(=S)NC2CC2)CCOCC1. The lowest BCUT2D eigenvalue weighted by molar-refractivity contribution is 0.0261. The molecule has 0 atom stereocenters. The van der Waals surface area contributed by atoms with Crippen LogP contribution in [0.5, 0.6) is 0 Å². The third-order valence-corrected chi connectivity index (χ3v) is 3.55. The highest BCUT2D eigenvalue weighted by Gasteiger charge is 2.28. The molecule has 0 radical (unpaired) electrons. The zero-order valence-electron chi connectivity index (χ0n) is 9.34. The van der Waals surface area contributed by atoms with Gasteiger partial charge < -0.3 is 15.4 Å². The van der Waals surface area contributed by atoms with Crippen LogP contribution in [0.3, 0.4) is 0 Å². The van der Waals surface area contributed by atoms with Gasteiger partial charge in [-0.05, 0) is 43.3 Å². The fourth-order valence-corrected chi connectivity index (χ4v) is 2.04. The van der Waals surface area contributed by atoms with Crippen LogP contribution >= 0.6 is 12.2 Å². The number of thiocarbonyl (C=S) groups is 1. The van der Waals surface area contributed by atoms with Gasteiger partial charge in [0.15, 0.2) is 5.11 Å². The van der Waals surface area contributed by atoms with Crippen LogP contribution in [0.2, 0.25) is 0 Å². The van der Waals surface area contributed by atoms with Crippen LogP contribution in [0.25, 0.3) is 0 Å². The van der Waals surface area contributed by atoms with Crippen LogP contribution in [0.15, 0.2) is 0 Å². The average molecular weight is 228 g/mol. The normalized spacial score (nSPS) is 24.6. The van der Waals surface area contributed by atoms with E-state index in [4.69, 9.17) is 17.0 Å². The zero-order chi connectivity index (χ0) is 10.7. The van der Waals surface area contributed by atoms with E-state index in [9.17, 15) is 0 Å². The topological polar surface area (TPSA) is 33.3 Å². The van der Waals surface area contributed by atoms with E-state index >= 15 is 0 Å². The number of rotatable bonds is 3. The Kier molecular flexibility index (Phi) is 3.46. The molecule has 0 aromatic rings. The van der Waals surface area contributed by atoms with Crippen LogP contribution in [0, 0.1) is 5.41 Å². The fraction of sp³-hybridized carbons (Fsp3) is 0.909. The van der Waals surface area contributed by atoms with Gasteiger partial charge in [-0.15, -0.1) is 0 Å². The number of hydrogen-bond donors (Lipinski definition) is 2. The zero-order valence-corrected chi connectivity index (χ0v) is 10.2. The summed E-state index contributed by atoms with van der Waals surface area (Å²) in [5.74, 6) is 0. The maximum atomic E-state index is 5.37. The summed E-state index contributed by atoms with van der Waals surface area (Å²) in [5.41, 5.74) is 0.355. The molecule has 2 N–H and O–H groups in total. The van der Waals surface area contributed by atoms with Gasteiger partial charge in [-0.1, -0.05) is 6.92 Å². The Morgan fingerprint density at radius 2 is 2.07 bits per heavy atom. The molecule has 0 spiro atoms. The minimum Gasteiger partial charge on any atom is -0.381 e. The van der Waals surface area contributed by atoms with Crippen LogP contribution < -0.4 is 10.6 Å². The van der Waals surface area contributed by atoms with Gasteiger partial charge in [-0.3, -0.25) is 0 Å². The van der Waals surface area contributed by atoms with Crippen molar-refractivity contribution in [3.05, 3.63) is 0 Å². The first-order valence-corrected chi connectivity index (χ1v) is 6.21. The number of ether oxygens (including phenoxy) is 1. The quantitative estimate of drug-likeness (QED) is 0.716. The van der Waals surface area contributed by atoms with E-state index in [2.05, 4.69) is 17.6 Å². The van der Waals surface area contributed by atoms with Crippen molar-refractivity contribution in [3.8, 4) is 0 Å². The van der Waals surface area contributed by atoms with Crippen LogP contribution in [0.1, 0.15) is 32.6 Å². The highest BCUT2D eigenvalue weighted by atomic mass is 32.1. The van der Waals surface area contributed by atoms with Crippen molar-refractivity contribution in [2.24, 2.45) is 5.41 Å². The van der Waals surface area contributed by atoms with Gasteiger partial charge in [0.25, 0.3) is 0 Å². The largest absolute Gasteiger partial charge is 0.381 e. The molecule has 0 unspecified atom stereocenters. The third kappa shape index (κ3) is 3.61. The molecular weight excluding hydrogens is 208 g/mol. The highest BCUT2D eigenvalue weighted by molar-refractivity contribution is 7.80. The molecule has 1 aliphatic carbocycles. The lowest BCUT2D eigenvalue weighted by Gasteiger charge is -2.34. The summed E-state index contributed by atoms with van der Waals surface area (Å²) in [7, 11) is 0. The van der Waals surface area contributed by atoms with Crippen molar-refractivity contribution in [1.29, 1.82) is 0 Å². The van der Waals surface area contributed by atoms with E-state index in [0.29, 0.717) is 11.5 Å². The van der Waals surface area contributed by atoms with Gasteiger partial charge in [0, 0.05) is 25.8 Å². The summed E-state index contributed by atoms with van der Waals surface area (Å²) in [5, 5.41) is 7.45. The summed E-state index contributed by atoms with van der Waals surface area (Å²) >= 11 is 5.23. The van der Waals surface area contributed by atoms with Crippen molar-refractivity contribution in [3.63, 3.8) is 0 Å². The summed E-state index contributed by atoms with van der Waals surface area (Å²) in [6.45, 7) is 5.05. The predicted octanol–water partition coefficient (Wildman–Crippen LogP) is 1.43. The van der Waals surface area contributed by atoms with E-state index in [0.717, 1.165) is 37.7 Å². The maximum Gasteiger partial charge on any atom is 0.166 e. The van der Waals surface area contributed by atoms with Crippen LogP contribution in [-0.2, 0) is 4.74 Å². The second-order valence-corrected chi connectivity index (χ2v) is 5.43. The Balaban J connectivity index is 1.68. The van der Waals surface area contributed by atoms with E-state index in [-0.39, 0.29) is 0 Å². The fourth-order valence-electron chi connectivity index (χ4n) is 1.80. The molecule has 1 saturated carbocycles. The third-order valence-electron chi connectivity index (χ3n) is 3.29. The molecule has 1 heterocycles. The monoisotopic (exact) mass is 228 g/mol.